The van der Waals surface area contributed by atoms with E-state index in [1.54, 1.807) is 25.7 Å². The molecular weight excluding hydrogens is 563 g/mol. The van der Waals surface area contributed by atoms with Crippen molar-refractivity contribution in [3.05, 3.63) is 80.5 Å². The molecule has 13 heteroatoms. The number of aryl methyl sites for hydroxylation is 1. The quantitative estimate of drug-likeness (QED) is 0.272. The van der Waals surface area contributed by atoms with Crippen LogP contribution in [0.25, 0.3) is 15.2 Å². The topological polar surface area (TPSA) is 113 Å². The number of methoxy groups -OCH3 is 1. The third kappa shape index (κ3) is 5.07. The number of benzene rings is 1. The molecule has 0 saturated carbocycles. The average Bonchev–Trinajstić information content (AvgIpc) is 3.71. The monoisotopic (exact) mass is 596 g/mol. The number of fused-ring (bicyclic) bond motifs is 1. The zero-order chi connectivity index (χ0) is 30.3. The SMILES string of the molecule is COc1ccc(F)cc1C(Cn1c(=O)n(C(C)(C)C(=O)N2CC=CC2)c(=O)c2c(C)c(-n3nccn3)sc21)OC(C)C. The number of carbonyl (C=O) groups excluding carboxylic acids is 1. The van der Waals surface area contributed by atoms with Gasteiger partial charge >= 0.3 is 5.69 Å². The van der Waals surface area contributed by atoms with Gasteiger partial charge < -0.3 is 14.4 Å². The molecule has 222 valence electrons. The predicted molar refractivity (Wildman–Crippen MR) is 157 cm³/mol. The number of carbonyl (C=O) groups is 1. The van der Waals surface area contributed by atoms with Crippen LogP contribution in [-0.2, 0) is 21.6 Å². The molecule has 0 fully saturated rings. The first-order valence-corrected chi connectivity index (χ1v) is 14.4. The van der Waals surface area contributed by atoms with Crippen LogP contribution in [0.2, 0.25) is 0 Å². The zero-order valence-corrected chi connectivity index (χ0v) is 25.1. The van der Waals surface area contributed by atoms with Gasteiger partial charge in [0, 0.05) is 24.2 Å². The Hall–Kier alpha value is -4.10. The molecular formula is C29H33FN6O5S. The molecule has 1 unspecified atom stereocenters. The van der Waals surface area contributed by atoms with Crippen molar-refractivity contribution < 1.29 is 18.7 Å². The average molecular weight is 597 g/mol. The summed E-state index contributed by atoms with van der Waals surface area (Å²) < 4.78 is 28.7. The molecule has 0 radical (unpaired) electrons. The Morgan fingerprint density at radius 2 is 1.81 bits per heavy atom. The van der Waals surface area contributed by atoms with Crippen molar-refractivity contribution in [3.8, 4) is 10.8 Å². The highest BCUT2D eigenvalue weighted by molar-refractivity contribution is 7.21. The molecule has 0 bridgehead atoms. The molecule has 0 aliphatic carbocycles. The Bertz CT molecular complexity index is 1780. The highest BCUT2D eigenvalue weighted by Crippen LogP contribution is 2.35. The summed E-state index contributed by atoms with van der Waals surface area (Å²) in [7, 11) is 1.47. The second-order valence-corrected chi connectivity index (χ2v) is 11.8. The molecule has 1 aromatic carbocycles. The van der Waals surface area contributed by atoms with E-state index in [-0.39, 0.29) is 23.9 Å². The van der Waals surface area contributed by atoms with Gasteiger partial charge in [-0.15, -0.1) is 4.80 Å². The molecule has 3 aromatic heterocycles. The minimum Gasteiger partial charge on any atom is -0.496 e. The van der Waals surface area contributed by atoms with E-state index in [0.29, 0.717) is 39.8 Å². The molecule has 4 heterocycles. The summed E-state index contributed by atoms with van der Waals surface area (Å²) in [5.41, 5.74) is -1.82. The molecule has 5 rings (SSSR count). The van der Waals surface area contributed by atoms with E-state index in [1.807, 2.05) is 26.0 Å². The molecule has 42 heavy (non-hydrogen) atoms. The molecule has 1 atom stereocenters. The Kier molecular flexibility index (Phi) is 7.90. The van der Waals surface area contributed by atoms with Crippen LogP contribution < -0.4 is 16.0 Å². The molecule has 0 saturated heterocycles. The number of nitrogens with zero attached hydrogens (tertiary/aromatic N) is 6. The zero-order valence-electron chi connectivity index (χ0n) is 24.3. The van der Waals surface area contributed by atoms with Gasteiger partial charge in [0.25, 0.3) is 5.56 Å². The second-order valence-electron chi connectivity index (χ2n) is 10.9. The molecule has 0 spiro atoms. The summed E-state index contributed by atoms with van der Waals surface area (Å²) in [6.07, 6.45) is 5.64. The number of hydrogen-bond donors (Lipinski definition) is 0. The summed E-state index contributed by atoms with van der Waals surface area (Å²) in [4.78, 5) is 45.6. The fraction of sp³-hybridized carbons (Fsp3) is 0.414. The van der Waals surface area contributed by atoms with Crippen LogP contribution in [0.4, 0.5) is 4.39 Å². The van der Waals surface area contributed by atoms with Crippen LogP contribution in [0.15, 0.2) is 52.3 Å². The number of amides is 1. The Morgan fingerprint density at radius 3 is 2.43 bits per heavy atom. The van der Waals surface area contributed by atoms with Crippen molar-refractivity contribution in [2.24, 2.45) is 0 Å². The molecule has 11 nitrogen and oxygen atoms in total. The van der Waals surface area contributed by atoms with Crippen LogP contribution in [0, 0.1) is 12.7 Å². The highest BCUT2D eigenvalue weighted by Gasteiger charge is 2.39. The van der Waals surface area contributed by atoms with Crippen molar-refractivity contribution in [1.82, 2.24) is 29.0 Å². The normalized spacial score (nSPS) is 14.3. The first-order chi connectivity index (χ1) is 19.9. The van der Waals surface area contributed by atoms with Gasteiger partial charge in [0.15, 0.2) is 0 Å². The third-order valence-electron chi connectivity index (χ3n) is 7.30. The number of halogens is 1. The number of rotatable bonds is 9. The van der Waals surface area contributed by atoms with Gasteiger partial charge in [-0.05, 0) is 52.8 Å². The lowest BCUT2D eigenvalue weighted by molar-refractivity contribution is -0.138. The van der Waals surface area contributed by atoms with Crippen LogP contribution in [0.1, 0.15) is 44.9 Å². The van der Waals surface area contributed by atoms with E-state index >= 15 is 0 Å². The molecule has 1 amide bonds. The van der Waals surface area contributed by atoms with Crippen molar-refractivity contribution in [2.45, 2.75) is 58.9 Å². The number of ether oxygens (including phenoxy) is 2. The van der Waals surface area contributed by atoms with Gasteiger partial charge in [-0.1, -0.05) is 23.5 Å². The van der Waals surface area contributed by atoms with E-state index in [2.05, 4.69) is 10.2 Å². The Labute approximate surface area is 245 Å². The highest BCUT2D eigenvalue weighted by atomic mass is 32.1. The van der Waals surface area contributed by atoms with Crippen LogP contribution in [0.5, 0.6) is 5.75 Å². The molecule has 1 aliphatic heterocycles. The van der Waals surface area contributed by atoms with Gasteiger partial charge in [0.1, 0.15) is 33.0 Å². The van der Waals surface area contributed by atoms with E-state index in [0.717, 1.165) is 4.57 Å². The maximum atomic E-state index is 14.5. The molecule has 1 aliphatic rings. The van der Waals surface area contributed by atoms with E-state index in [4.69, 9.17) is 9.47 Å². The Morgan fingerprint density at radius 1 is 1.14 bits per heavy atom. The number of hydrogen-bond acceptors (Lipinski definition) is 8. The van der Waals surface area contributed by atoms with Gasteiger partial charge in [0.05, 0.1) is 37.5 Å². The summed E-state index contributed by atoms with van der Waals surface area (Å²) in [5.74, 6) is -0.461. The molecule has 0 N–H and O–H groups in total. The van der Waals surface area contributed by atoms with Gasteiger partial charge in [-0.2, -0.15) is 10.2 Å². The molecule has 4 aromatic rings. The first-order valence-electron chi connectivity index (χ1n) is 13.5. The smallest absolute Gasteiger partial charge is 0.333 e. The fourth-order valence-corrected chi connectivity index (χ4v) is 6.51. The summed E-state index contributed by atoms with van der Waals surface area (Å²) in [5, 5.41) is 9.27. The summed E-state index contributed by atoms with van der Waals surface area (Å²) >= 11 is 1.18. The minimum atomic E-state index is -1.51. The van der Waals surface area contributed by atoms with Gasteiger partial charge in [-0.3, -0.25) is 14.2 Å². The van der Waals surface area contributed by atoms with Crippen molar-refractivity contribution >= 4 is 27.5 Å². The van der Waals surface area contributed by atoms with Crippen molar-refractivity contribution in [1.29, 1.82) is 0 Å². The first kappa shape index (κ1) is 29.4. The lowest BCUT2D eigenvalue weighted by Gasteiger charge is -2.31. The maximum absolute atomic E-state index is 14.5. The van der Waals surface area contributed by atoms with E-state index in [9.17, 15) is 18.8 Å². The summed E-state index contributed by atoms with van der Waals surface area (Å²) in [6, 6.07) is 4.10. The fourth-order valence-electron chi connectivity index (χ4n) is 5.29. The number of aromatic nitrogens is 5. The lowest BCUT2D eigenvalue weighted by Crippen LogP contribution is -2.56. The summed E-state index contributed by atoms with van der Waals surface area (Å²) in [6.45, 7) is 9.27. The predicted octanol–water partition coefficient (Wildman–Crippen LogP) is 3.56. The van der Waals surface area contributed by atoms with Crippen LogP contribution in [0.3, 0.4) is 0 Å². The third-order valence-corrected chi connectivity index (χ3v) is 8.58. The van der Waals surface area contributed by atoms with Gasteiger partial charge in [-0.25, -0.2) is 13.8 Å². The van der Waals surface area contributed by atoms with Crippen molar-refractivity contribution in [3.63, 3.8) is 0 Å². The van der Waals surface area contributed by atoms with Crippen LogP contribution >= 0.6 is 11.3 Å². The van der Waals surface area contributed by atoms with Crippen LogP contribution in [-0.4, -0.2) is 61.2 Å². The standard InChI is InChI=1S/C29H33FN6O5S/c1-17(2)41-22(20-15-19(30)9-10-21(20)40-6)16-34-26-23(18(3)25(42-26)36-31-11-12-32-36)24(37)35(28(34)39)29(4,5)27(38)33-13-7-8-14-33/h7-12,15,17,22H,13-14,16H2,1-6H3. The number of thiophene rings is 1. The maximum Gasteiger partial charge on any atom is 0.333 e. The van der Waals surface area contributed by atoms with Gasteiger partial charge in [0.2, 0.25) is 5.91 Å². The minimum absolute atomic E-state index is 0.0882. The van der Waals surface area contributed by atoms with E-state index in [1.165, 1.54) is 58.4 Å². The van der Waals surface area contributed by atoms with E-state index < -0.39 is 28.7 Å². The van der Waals surface area contributed by atoms with Crippen molar-refractivity contribution in [2.75, 3.05) is 20.2 Å². The largest absolute Gasteiger partial charge is 0.496 e. The second kappa shape index (κ2) is 11.3. The lowest BCUT2D eigenvalue weighted by atomic mass is 10.0. The Balaban J connectivity index is 1.78.